The number of anilines is 3. The summed E-state index contributed by atoms with van der Waals surface area (Å²) in [7, 11) is 1.96. The number of aromatic nitrogens is 2. The largest absolute Gasteiger partial charge is 0.370 e. The Morgan fingerprint density at radius 1 is 1.25 bits per heavy atom. The fraction of sp³-hybridized carbons (Fsp3) is 0.286. The second-order valence-corrected chi connectivity index (χ2v) is 4.92. The maximum atomic E-state index is 5.88. The van der Waals surface area contributed by atoms with Gasteiger partial charge in [0.1, 0.15) is 11.6 Å². The predicted molar refractivity (Wildman–Crippen MR) is 84.2 cm³/mol. The highest BCUT2D eigenvalue weighted by molar-refractivity contribution is 6.30. The van der Waals surface area contributed by atoms with E-state index in [0.717, 1.165) is 35.3 Å². The van der Waals surface area contributed by atoms with E-state index < -0.39 is 0 Å². The van der Waals surface area contributed by atoms with Crippen LogP contribution in [0.25, 0.3) is 0 Å². The molecule has 1 heterocycles. The zero-order valence-corrected chi connectivity index (χ0v) is 12.4. The zero-order chi connectivity index (χ0) is 14.5. The number of hydrogen-bond donors (Lipinski definition) is 2. The summed E-state index contributed by atoms with van der Waals surface area (Å²) in [5, 5.41) is 3.87. The molecule has 0 aliphatic rings. The Morgan fingerprint density at radius 2 is 1.95 bits per heavy atom. The molecule has 1 aromatic heterocycles. The van der Waals surface area contributed by atoms with E-state index in [9.17, 15) is 0 Å². The molecule has 0 aliphatic carbocycles. The molecule has 2 rings (SSSR count). The molecular formula is C14H18ClN5. The fourth-order valence-electron chi connectivity index (χ4n) is 1.86. The van der Waals surface area contributed by atoms with Crippen molar-refractivity contribution < 1.29 is 0 Å². The smallest absolute Gasteiger partial charge is 0.223 e. The van der Waals surface area contributed by atoms with Crippen molar-refractivity contribution in [2.45, 2.75) is 13.5 Å². The highest BCUT2D eigenvalue weighted by Crippen LogP contribution is 2.18. The Morgan fingerprint density at radius 3 is 2.60 bits per heavy atom. The Balaban J connectivity index is 2.15. The maximum absolute atomic E-state index is 5.88. The first-order chi connectivity index (χ1) is 9.58. The second kappa shape index (κ2) is 6.43. The van der Waals surface area contributed by atoms with Gasteiger partial charge in [-0.05, 0) is 24.6 Å². The predicted octanol–water partition coefficient (Wildman–Crippen LogP) is 2.78. The minimum Gasteiger partial charge on any atom is -0.370 e. The minimum absolute atomic E-state index is 0.265. The molecule has 0 amide bonds. The summed E-state index contributed by atoms with van der Waals surface area (Å²) >= 11 is 5.88. The summed E-state index contributed by atoms with van der Waals surface area (Å²) in [6.07, 6.45) is 0. The normalized spacial score (nSPS) is 10.3. The van der Waals surface area contributed by atoms with E-state index >= 15 is 0 Å². The molecule has 5 nitrogen and oxygen atoms in total. The highest BCUT2D eigenvalue weighted by Gasteiger charge is 2.07. The van der Waals surface area contributed by atoms with Gasteiger partial charge in [-0.3, -0.25) is 0 Å². The Bertz CT molecular complexity index is 570. The highest BCUT2D eigenvalue weighted by atomic mass is 35.5. The first kappa shape index (κ1) is 14.4. The molecule has 0 fully saturated rings. The molecule has 0 unspecified atom stereocenters. The first-order valence-electron chi connectivity index (χ1n) is 6.42. The Kier molecular flexibility index (Phi) is 4.63. The van der Waals surface area contributed by atoms with Gasteiger partial charge in [0.15, 0.2) is 0 Å². The van der Waals surface area contributed by atoms with Crippen LogP contribution in [0.4, 0.5) is 17.6 Å². The van der Waals surface area contributed by atoms with E-state index in [4.69, 9.17) is 17.3 Å². The molecule has 0 spiro atoms. The number of nitrogen functional groups attached to an aromatic ring is 1. The molecule has 1 aromatic carbocycles. The van der Waals surface area contributed by atoms with Gasteiger partial charge in [0.25, 0.3) is 0 Å². The Labute approximate surface area is 123 Å². The molecule has 6 heteroatoms. The lowest BCUT2D eigenvalue weighted by Gasteiger charge is -2.19. The average molecular weight is 292 g/mol. The number of hydrogen-bond acceptors (Lipinski definition) is 5. The van der Waals surface area contributed by atoms with Crippen LogP contribution in [0.1, 0.15) is 12.5 Å². The third-order valence-electron chi connectivity index (χ3n) is 2.81. The second-order valence-electron chi connectivity index (χ2n) is 4.48. The van der Waals surface area contributed by atoms with Crippen LogP contribution in [0.5, 0.6) is 0 Å². The van der Waals surface area contributed by atoms with Crippen LogP contribution in [0.15, 0.2) is 30.3 Å². The van der Waals surface area contributed by atoms with Crippen LogP contribution in [0, 0.1) is 0 Å². The van der Waals surface area contributed by atoms with Crippen LogP contribution in [0.2, 0.25) is 5.02 Å². The van der Waals surface area contributed by atoms with Gasteiger partial charge in [-0.25, -0.2) is 0 Å². The van der Waals surface area contributed by atoms with E-state index in [1.165, 1.54) is 0 Å². The monoisotopic (exact) mass is 291 g/mol. The van der Waals surface area contributed by atoms with Crippen LogP contribution >= 0.6 is 11.6 Å². The van der Waals surface area contributed by atoms with Gasteiger partial charge in [0.2, 0.25) is 5.95 Å². The van der Waals surface area contributed by atoms with Crippen molar-refractivity contribution >= 4 is 29.2 Å². The number of nitrogens with two attached hydrogens (primary N) is 1. The lowest BCUT2D eigenvalue weighted by atomic mass is 10.2. The Hall–Kier alpha value is -2.01. The zero-order valence-electron chi connectivity index (χ0n) is 11.6. The third kappa shape index (κ3) is 3.74. The van der Waals surface area contributed by atoms with E-state index in [-0.39, 0.29) is 5.95 Å². The van der Waals surface area contributed by atoms with Crippen molar-refractivity contribution in [3.05, 3.63) is 40.9 Å². The number of halogens is 1. The average Bonchev–Trinajstić information content (AvgIpc) is 2.41. The standard InChI is InChI=1S/C14H18ClN5/c1-3-17-12-8-13(19-14(16)18-12)20(2)9-10-4-6-11(15)7-5-10/h4-8H,3,9H2,1-2H3,(H3,16,17,18,19). The summed E-state index contributed by atoms with van der Waals surface area (Å²) in [6.45, 7) is 3.52. The molecule has 0 saturated heterocycles. The molecule has 20 heavy (non-hydrogen) atoms. The fourth-order valence-corrected chi connectivity index (χ4v) is 1.99. The van der Waals surface area contributed by atoms with E-state index in [2.05, 4.69) is 15.3 Å². The molecular weight excluding hydrogens is 274 g/mol. The molecule has 0 bridgehead atoms. The summed E-state index contributed by atoms with van der Waals surface area (Å²) in [5.41, 5.74) is 6.89. The minimum atomic E-state index is 0.265. The molecule has 0 saturated carbocycles. The van der Waals surface area contributed by atoms with Gasteiger partial charge in [0, 0.05) is 31.2 Å². The third-order valence-corrected chi connectivity index (χ3v) is 3.06. The molecule has 3 N–H and O–H groups in total. The number of nitrogens with one attached hydrogen (secondary N) is 1. The van der Waals surface area contributed by atoms with Crippen molar-refractivity contribution in [3.8, 4) is 0 Å². The quantitative estimate of drug-likeness (QED) is 0.887. The van der Waals surface area contributed by atoms with Crippen LogP contribution in [0.3, 0.4) is 0 Å². The van der Waals surface area contributed by atoms with Crippen molar-refractivity contribution in [3.63, 3.8) is 0 Å². The van der Waals surface area contributed by atoms with E-state index in [1.807, 2.05) is 49.2 Å². The van der Waals surface area contributed by atoms with Crippen molar-refractivity contribution in [1.29, 1.82) is 0 Å². The first-order valence-corrected chi connectivity index (χ1v) is 6.80. The molecule has 0 aliphatic heterocycles. The topological polar surface area (TPSA) is 67.1 Å². The van der Waals surface area contributed by atoms with Gasteiger partial charge in [-0.1, -0.05) is 23.7 Å². The van der Waals surface area contributed by atoms with Crippen LogP contribution < -0.4 is 16.0 Å². The summed E-state index contributed by atoms with van der Waals surface area (Å²) in [4.78, 5) is 10.4. The molecule has 2 aromatic rings. The molecule has 0 atom stereocenters. The van der Waals surface area contributed by atoms with Gasteiger partial charge in [-0.15, -0.1) is 0 Å². The SMILES string of the molecule is CCNc1cc(N(C)Cc2ccc(Cl)cc2)nc(N)n1. The van der Waals surface area contributed by atoms with Gasteiger partial charge in [-0.2, -0.15) is 9.97 Å². The summed E-state index contributed by atoms with van der Waals surface area (Å²) < 4.78 is 0. The van der Waals surface area contributed by atoms with E-state index in [0.29, 0.717) is 0 Å². The number of benzene rings is 1. The van der Waals surface area contributed by atoms with Gasteiger partial charge >= 0.3 is 0 Å². The van der Waals surface area contributed by atoms with E-state index in [1.54, 1.807) is 0 Å². The summed E-state index contributed by atoms with van der Waals surface area (Å²) in [6, 6.07) is 9.63. The number of nitrogens with zero attached hydrogens (tertiary/aromatic N) is 3. The van der Waals surface area contributed by atoms with Crippen molar-refractivity contribution in [2.75, 3.05) is 29.5 Å². The van der Waals surface area contributed by atoms with Gasteiger partial charge < -0.3 is 16.0 Å². The molecule has 0 radical (unpaired) electrons. The van der Waals surface area contributed by atoms with Crippen LogP contribution in [-0.4, -0.2) is 23.6 Å². The lowest BCUT2D eigenvalue weighted by molar-refractivity contribution is 0.893. The summed E-state index contributed by atoms with van der Waals surface area (Å²) in [5.74, 6) is 1.78. The van der Waals surface area contributed by atoms with Crippen molar-refractivity contribution in [1.82, 2.24) is 9.97 Å². The lowest BCUT2D eigenvalue weighted by Crippen LogP contribution is -2.19. The maximum Gasteiger partial charge on any atom is 0.223 e. The van der Waals surface area contributed by atoms with Crippen LogP contribution in [-0.2, 0) is 6.54 Å². The van der Waals surface area contributed by atoms with Gasteiger partial charge in [0.05, 0.1) is 0 Å². The van der Waals surface area contributed by atoms with Crippen molar-refractivity contribution in [2.24, 2.45) is 0 Å². The number of rotatable bonds is 5. The molecule has 106 valence electrons.